The number of hydrogen-bond donors (Lipinski definition) is 2. The van der Waals surface area contributed by atoms with Gasteiger partial charge in [0.2, 0.25) is 5.88 Å². The van der Waals surface area contributed by atoms with Crippen LogP contribution in [0, 0.1) is 0 Å². The van der Waals surface area contributed by atoms with Crippen molar-refractivity contribution in [3.05, 3.63) is 16.1 Å². The van der Waals surface area contributed by atoms with E-state index in [-0.39, 0.29) is 36.3 Å². The Morgan fingerprint density at radius 3 is 2.85 bits per heavy atom. The van der Waals surface area contributed by atoms with E-state index in [9.17, 15) is 14.7 Å². The zero-order chi connectivity index (χ0) is 14.7. The molecule has 0 aromatic carbocycles. The van der Waals surface area contributed by atoms with Gasteiger partial charge in [-0.15, -0.1) is 0 Å². The van der Waals surface area contributed by atoms with E-state index < -0.39 is 5.97 Å². The third-order valence-electron chi connectivity index (χ3n) is 2.79. The molecule has 0 amide bonds. The quantitative estimate of drug-likeness (QED) is 0.468. The molecule has 7 heteroatoms. The Bertz CT molecular complexity index is 543. The van der Waals surface area contributed by atoms with Crippen LogP contribution in [0.5, 0.6) is 5.88 Å². The van der Waals surface area contributed by atoms with Crippen LogP contribution < -0.4 is 5.32 Å². The predicted octanol–water partition coefficient (Wildman–Crippen LogP) is 2.26. The van der Waals surface area contributed by atoms with Crippen molar-refractivity contribution < 1.29 is 19.4 Å². The fourth-order valence-electron chi connectivity index (χ4n) is 1.66. The Balaban J connectivity index is 2.21. The second kappa shape index (κ2) is 6.21. The Hall–Kier alpha value is -1.63. The van der Waals surface area contributed by atoms with Gasteiger partial charge in [0.15, 0.2) is 5.78 Å². The number of nitrogens with zero attached hydrogens (tertiary/aromatic N) is 1. The van der Waals surface area contributed by atoms with Crippen molar-refractivity contribution in [2.24, 2.45) is 0 Å². The van der Waals surface area contributed by atoms with Crippen LogP contribution in [0.4, 0.5) is 5.82 Å². The maximum absolute atomic E-state index is 12.1. The molecule has 1 saturated carbocycles. The summed E-state index contributed by atoms with van der Waals surface area (Å²) in [6.45, 7) is 1.91. The fourth-order valence-corrected chi connectivity index (χ4v) is 1.98. The van der Waals surface area contributed by atoms with Crippen LogP contribution in [-0.2, 0) is 9.53 Å². The number of pyridine rings is 1. The molecule has 20 heavy (non-hydrogen) atoms. The molecule has 2 N–H and O–H groups in total. The first-order valence-electron chi connectivity index (χ1n) is 6.36. The molecule has 108 valence electrons. The first-order chi connectivity index (χ1) is 9.51. The van der Waals surface area contributed by atoms with Gasteiger partial charge in [-0.1, -0.05) is 0 Å². The predicted molar refractivity (Wildman–Crippen MR) is 75.8 cm³/mol. The minimum absolute atomic E-state index is 0.194. The molecule has 0 atom stereocenters. The third-order valence-corrected chi connectivity index (χ3v) is 3.37. The highest BCUT2D eigenvalue weighted by atomic mass is 79.9. The summed E-state index contributed by atoms with van der Waals surface area (Å²) < 4.78 is 5.07. The third kappa shape index (κ3) is 3.69. The average Bonchev–Trinajstić information content (AvgIpc) is 3.17. The number of rotatable bonds is 6. The minimum atomic E-state index is -0.570. The lowest BCUT2D eigenvalue weighted by Crippen LogP contribution is -2.15. The van der Waals surface area contributed by atoms with Crippen molar-refractivity contribution in [2.45, 2.75) is 32.2 Å². The standard InChI is InChI=1S/C13H15BrN2O4/c1-2-20-11(18)6-10(17)8-5-9(14)13(19)16-12(8)15-7-3-4-7/h5,7H,2-4,6H2,1H3,(H2,15,16,19). The molecule has 1 heterocycles. The summed E-state index contributed by atoms with van der Waals surface area (Å²) in [6, 6.07) is 1.74. The summed E-state index contributed by atoms with van der Waals surface area (Å²) in [5.41, 5.74) is 0.273. The second-order valence-corrected chi connectivity index (χ2v) is 5.37. The van der Waals surface area contributed by atoms with Gasteiger partial charge in [-0.2, -0.15) is 4.98 Å². The zero-order valence-electron chi connectivity index (χ0n) is 11.0. The SMILES string of the molecule is CCOC(=O)CC(=O)c1cc(Br)c(O)nc1NC1CC1. The lowest BCUT2D eigenvalue weighted by molar-refractivity contribution is -0.141. The van der Waals surface area contributed by atoms with E-state index in [4.69, 9.17) is 4.74 Å². The topological polar surface area (TPSA) is 88.5 Å². The van der Waals surface area contributed by atoms with E-state index in [1.165, 1.54) is 6.07 Å². The highest BCUT2D eigenvalue weighted by Gasteiger charge is 2.26. The summed E-state index contributed by atoms with van der Waals surface area (Å²) in [7, 11) is 0. The van der Waals surface area contributed by atoms with E-state index in [0.29, 0.717) is 10.3 Å². The molecule has 2 rings (SSSR count). The van der Waals surface area contributed by atoms with Crippen LogP contribution in [0.1, 0.15) is 36.5 Å². The van der Waals surface area contributed by atoms with E-state index >= 15 is 0 Å². The molecule has 0 aliphatic heterocycles. The number of ketones is 1. The zero-order valence-corrected chi connectivity index (χ0v) is 12.6. The Kier molecular flexibility index (Phi) is 4.59. The molecule has 0 bridgehead atoms. The normalized spacial score (nSPS) is 13.9. The monoisotopic (exact) mass is 342 g/mol. The van der Waals surface area contributed by atoms with E-state index in [0.717, 1.165) is 12.8 Å². The first kappa shape index (κ1) is 14.8. The summed E-state index contributed by atoms with van der Waals surface area (Å²) in [4.78, 5) is 27.5. The molecule has 1 fully saturated rings. The van der Waals surface area contributed by atoms with Gasteiger partial charge in [-0.05, 0) is 41.8 Å². The van der Waals surface area contributed by atoms with Crippen molar-refractivity contribution in [1.29, 1.82) is 0 Å². The Morgan fingerprint density at radius 1 is 1.55 bits per heavy atom. The molecule has 0 radical (unpaired) electrons. The number of ether oxygens (including phenoxy) is 1. The molecule has 0 spiro atoms. The van der Waals surface area contributed by atoms with Crippen molar-refractivity contribution in [3.8, 4) is 5.88 Å². The van der Waals surface area contributed by atoms with Crippen LogP contribution >= 0.6 is 15.9 Å². The van der Waals surface area contributed by atoms with Gasteiger partial charge in [0.1, 0.15) is 12.2 Å². The Labute approximate surface area is 124 Å². The van der Waals surface area contributed by atoms with Gasteiger partial charge in [0.05, 0.1) is 16.6 Å². The van der Waals surface area contributed by atoms with Crippen molar-refractivity contribution in [1.82, 2.24) is 4.98 Å². The van der Waals surface area contributed by atoms with Gasteiger partial charge in [0, 0.05) is 6.04 Å². The Morgan fingerprint density at radius 2 is 2.25 bits per heavy atom. The highest BCUT2D eigenvalue weighted by molar-refractivity contribution is 9.10. The maximum Gasteiger partial charge on any atom is 0.313 e. The summed E-state index contributed by atoms with van der Waals surface area (Å²) in [6.07, 6.45) is 1.67. The van der Waals surface area contributed by atoms with Gasteiger partial charge < -0.3 is 15.2 Å². The number of aromatic hydroxyl groups is 1. The molecule has 1 aliphatic carbocycles. The van der Waals surface area contributed by atoms with E-state index in [2.05, 4.69) is 26.2 Å². The van der Waals surface area contributed by atoms with E-state index in [1.807, 2.05) is 0 Å². The molecule has 1 aromatic rings. The van der Waals surface area contributed by atoms with Gasteiger partial charge in [-0.3, -0.25) is 9.59 Å². The van der Waals surface area contributed by atoms with Gasteiger partial charge in [-0.25, -0.2) is 0 Å². The van der Waals surface area contributed by atoms with Crippen LogP contribution in [0.3, 0.4) is 0 Å². The fraction of sp³-hybridized carbons (Fsp3) is 0.462. The number of carbonyl (C=O) groups excluding carboxylic acids is 2. The molecule has 1 aromatic heterocycles. The number of halogens is 1. The number of anilines is 1. The van der Waals surface area contributed by atoms with Crippen LogP contribution in [0.15, 0.2) is 10.5 Å². The van der Waals surface area contributed by atoms with Gasteiger partial charge >= 0.3 is 5.97 Å². The summed E-state index contributed by atoms with van der Waals surface area (Å²) in [5.74, 6) is -0.845. The highest BCUT2D eigenvalue weighted by Crippen LogP contribution is 2.31. The number of aromatic nitrogens is 1. The number of esters is 1. The number of hydrogen-bond acceptors (Lipinski definition) is 6. The summed E-state index contributed by atoms with van der Waals surface area (Å²) >= 11 is 3.12. The largest absolute Gasteiger partial charge is 0.492 e. The second-order valence-electron chi connectivity index (χ2n) is 4.51. The van der Waals surface area contributed by atoms with E-state index in [1.54, 1.807) is 6.92 Å². The van der Waals surface area contributed by atoms with Gasteiger partial charge in [0.25, 0.3) is 0 Å². The van der Waals surface area contributed by atoms with Crippen LogP contribution in [0.25, 0.3) is 0 Å². The molecule has 0 unspecified atom stereocenters. The number of carbonyl (C=O) groups is 2. The van der Waals surface area contributed by atoms with Crippen molar-refractivity contribution in [3.63, 3.8) is 0 Å². The molecular formula is C13H15BrN2O4. The molecule has 1 aliphatic rings. The molecular weight excluding hydrogens is 328 g/mol. The maximum atomic E-state index is 12.1. The number of nitrogens with one attached hydrogen (secondary N) is 1. The summed E-state index contributed by atoms with van der Waals surface area (Å²) in [5, 5.41) is 12.7. The molecule has 0 saturated heterocycles. The lowest BCUT2D eigenvalue weighted by Gasteiger charge is -2.11. The lowest BCUT2D eigenvalue weighted by atomic mass is 10.1. The minimum Gasteiger partial charge on any atom is -0.492 e. The molecule has 6 nitrogen and oxygen atoms in total. The van der Waals surface area contributed by atoms with Crippen molar-refractivity contribution >= 4 is 33.5 Å². The number of Topliss-reactive ketones (excluding diaryl/α,β-unsaturated/α-hetero) is 1. The van der Waals surface area contributed by atoms with Crippen LogP contribution in [0.2, 0.25) is 0 Å². The average molecular weight is 343 g/mol. The van der Waals surface area contributed by atoms with Crippen LogP contribution in [-0.4, -0.2) is 34.5 Å². The smallest absolute Gasteiger partial charge is 0.313 e. The first-order valence-corrected chi connectivity index (χ1v) is 7.15. The van der Waals surface area contributed by atoms with Crippen molar-refractivity contribution in [2.75, 3.05) is 11.9 Å².